The fourth-order valence-corrected chi connectivity index (χ4v) is 1.78. The number of rotatable bonds is 0. The van der Waals surface area contributed by atoms with Crippen LogP contribution in [0.15, 0.2) is 16.7 Å². The highest BCUT2D eigenvalue weighted by Crippen LogP contribution is 2.29. The van der Waals surface area contributed by atoms with Crippen LogP contribution in [0.2, 0.25) is 0 Å². The lowest BCUT2D eigenvalue weighted by molar-refractivity contribution is 0.688. The van der Waals surface area contributed by atoms with Crippen LogP contribution >= 0.6 is 15.9 Å². The molecule has 1 atom stereocenters. The second-order valence-electron chi connectivity index (χ2n) is 3.37. The molecule has 0 radical (unpaired) electrons. The molecule has 1 unspecified atom stereocenters. The molecule has 3 nitrogen and oxygen atoms in total. The van der Waals surface area contributed by atoms with Gasteiger partial charge in [0.2, 0.25) is 0 Å². The number of fused-ring (bicyclic) bond motifs is 1. The summed E-state index contributed by atoms with van der Waals surface area (Å²) in [7, 11) is 2.07. The molecular weight excluding hydrogens is 230 g/mol. The largest absolute Gasteiger partial charge is 0.380 e. The van der Waals surface area contributed by atoms with Crippen molar-refractivity contribution in [2.75, 3.05) is 23.8 Å². The quantitative estimate of drug-likeness (QED) is 0.755. The van der Waals surface area contributed by atoms with Crippen LogP contribution in [-0.2, 0) is 0 Å². The molecule has 0 saturated heterocycles. The standard InChI is InChI=1S/C9H12BrN3/c1-6-4-11-8-3-7(10)5-12-9(8)13(6)2/h3,5-6,11H,4H2,1-2H3. The van der Waals surface area contributed by atoms with Crippen molar-refractivity contribution in [2.45, 2.75) is 13.0 Å². The van der Waals surface area contributed by atoms with Crippen LogP contribution in [0.1, 0.15) is 6.92 Å². The zero-order valence-corrected chi connectivity index (χ0v) is 9.30. The van der Waals surface area contributed by atoms with E-state index < -0.39 is 0 Å². The van der Waals surface area contributed by atoms with Crippen molar-refractivity contribution in [3.05, 3.63) is 16.7 Å². The Balaban J connectivity index is 2.44. The van der Waals surface area contributed by atoms with Gasteiger partial charge in [-0.25, -0.2) is 4.98 Å². The van der Waals surface area contributed by atoms with E-state index in [1.165, 1.54) is 0 Å². The summed E-state index contributed by atoms with van der Waals surface area (Å²) in [6.45, 7) is 3.15. The third-order valence-electron chi connectivity index (χ3n) is 2.42. The maximum absolute atomic E-state index is 4.37. The predicted molar refractivity (Wildman–Crippen MR) is 58.3 cm³/mol. The van der Waals surface area contributed by atoms with Crippen LogP contribution in [0, 0.1) is 0 Å². The Labute approximate surface area is 86.3 Å². The summed E-state index contributed by atoms with van der Waals surface area (Å²) >= 11 is 3.40. The molecule has 70 valence electrons. The van der Waals surface area contributed by atoms with Gasteiger partial charge in [-0.3, -0.25) is 0 Å². The van der Waals surface area contributed by atoms with Gasteiger partial charge in [-0.15, -0.1) is 0 Å². The number of anilines is 2. The summed E-state index contributed by atoms with van der Waals surface area (Å²) < 4.78 is 1.02. The third-order valence-corrected chi connectivity index (χ3v) is 2.85. The second kappa shape index (κ2) is 3.18. The Morgan fingerprint density at radius 1 is 1.69 bits per heavy atom. The Morgan fingerprint density at radius 3 is 3.23 bits per heavy atom. The van der Waals surface area contributed by atoms with Crippen LogP contribution in [0.3, 0.4) is 0 Å². The molecule has 0 amide bonds. The minimum atomic E-state index is 0.501. The van der Waals surface area contributed by atoms with Gasteiger partial charge in [0, 0.05) is 30.3 Å². The molecule has 1 aromatic rings. The summed E-state index contributed by atoms with van der Waals surface area (Å²) in [5.41, 5.74) is 1.11. The molecule has 0 aliphatic carbocycles. The lowest BCUT2D eigenvalue weighted by Gasteiger charge is -2.33. The van der Waals surface area contributed by atoms with Gasteiger partial charge in [0.15, 0.2) is 5.82 Å². The van der Waals surface area contributed by atoms with Crippen molar-refractivity contribution in [2.24, 2.45) is 0 Å². The number of halogens is 1. The van der Waals surface area contributed by atoms with Crippen LogP contribution < -0.4 is 10.2 Å². The van der Waals surface area contributed by atoms with Crippen LogP contribution in [0.4, 0.5) is 11.5 Å². The fraction of sp³-hybridized carbons (Fsp3) is 0.444. The number of hydrogen-bond acceptors (Lipinski definition) is 3. The molecule has 1 aromatic heterocycles. The first kappa shape index (κ1) is 8.81. The van der Waals surface area contributed by atoms with E-state index in [0.717, 1.165) is 22.5 Å². The molecule has 0 aromatic carbocycles. The number of pyridine rings is 1. The topological polar surface area (TPSA) is 28.2 Å². The van der Waals surface area contributed by atoms with E-state index in [9.17, 15) is 0 Å². The van der Waals surface area contributed by atoms with E-state index in [1.807, 2.05) is 6.20 Å². The van der Waals surface area contributed by atoms with Gasteiger partial charge in [0.05, 0.1) is 5.69 Å². The molecule has 1 N–H and O–H groups in total. The number of nitrogens with one attached hydrogen (secondary N) is 1. The van der Waals surface area contributed by atoms with E-state index in [4.69, 9.17) is 0 Å². The summed E-state index contributed by atoms with van der Waals surface area (Å²) in [6.07, 6.45) is 1.83. The summed E-state index contributed by atoms with van der Waals surface area (Å²) in [5, 5.41) is 3.35. The minimum Gasteiger partial charge on any atom is -0.380 e. The van der Waals surface area contributed by atoms with E-state index in [1.54, 1.807) is 0 Å². The summed E-state index contributed by atoms with van der Waals surface area (Å²) in [4.78, 5) is 6.56. The maximum atomic E-state index is 4.37. The van der Waals surface area contributed by atoms with Crippen molar-refractivity contribution in [3.8, 4) is 0 Å². The van der Waals surface area contributed by atoms with E-state index in [0.29, 0.717) is 6.04 Å². The Morgan fingerprint density at radius 2 is 2.46 bits per heavy atom. The number of likely N-dealkylation sites (N-methyl/N-ethyl adjacent to an activating group) is 1. The first-order chi connectivity index (χ1) is 6.18. The number of nitrogens with zero attached hydrogens (tertiary/aromatic N) is 2. The van der Waals surface area contributed by atoms with Gasteiger partial charge in [0.25, 0.3) is 0 Å². The Kier molecular flexibility index (Phi) is 2.15. The molecular formula is C9H12BrN3. The van der Waals surface area contributed by atoms with Gasteiger partial charge < -0.3 is 10.2 Å². The SMILES string of the molecule is CC1CNc2cc(Br)cnc2N1C. The monoisotopic (exact) mass is 241 g/mol. The molecule has 0 spiro atoms. The van der Waals surface area contributed by atoms with E-state index >= 15 is 0 Å². The zero-order chi connectivity index (χ0) is 9.42. The molecule has 1 aliphatic rings. The molecule has 1 aliphatic heterocycles. The lowest BCUT2D eigenvalue weighted by Crippen LogP contribution is -2.39. The molecule has 4 heteroatoms. The molecule has 0 bridgehead atoms. The van der Waals surface area contributed by atoms with Crippen molar-refractivity contribution >= 4 is 27.4 Å². The van der Waals surface area contributed by atoms with Crippen molar-refractivity contribution in [1.82, 2.24) is 4.98 Å². The fourth-order valence-electron chi connectivity index (χ4n) is 1.45. The van der Waals surface area contributed by atoms with E-state index in [-0.39, 0.29) is 0 Å². The first-order valence-corrected chi connectivity index (χ1v) is 5.10. The van der Waals surface area contributed by atoms with Crippen molar-refractivity contribution in [3.63, 3.8) is 0 Å². The smallest absolute Gasteiger partial charge is 0.152 e. The lowest BCUT2D eigenvalue weighted by atomic mass is 10.2. The highest BCUT2D eigenvalue weighted by atomic mass is 79.9. The number of aromatic nitrogens is 1. The summed E-state index contributed by atoms with van der Waals surface area (Å²) in [6, 6.07) is 2.56. The minimum absolute atomic E-state index is 0.501. The maximum Gasteiger partial charge on any atom is 0.152 e. The van der Waals surface area contributed by atoms with Crippen LogP contribution in [0.5, 0.6) is 0 Å². The van der Waals surface area contributed by atoms with E-state index in [2.05, 4.69) is 51.2 Å². The van der Waals surface area contributed by atoms with Crippen LogP contribution in [0.25, 0.3) is 0 Å². The Bertz CT molecular complexity index is 327. The van der Waals surface area contributed by atoms with Gasteiger partial charge in [-0.1, -0.05) is 0 Å². The van der Waals surface area contributed by atoms with Gasteiger partial charge in [-0.05, 0) is 28.9 Å². The molecule has 0 fully saturated rings. The van der Waals surface area contributed by atoms with Gasteiger partial charge in [-0.2, -0.15) is 0 Å². The third kappa shape index (κ3) is 1.50. The predicted octanol–water partition coefficient (Wildman–Crippen LogP) is 2.09. The average molecular weight is 242 g/mol. The zero-order valence-electron chi connectivity index (χ0n) is 7.71. The highest BCUT2D eigenvalue weighted by Gasteiger charge is 2.20. The normalized spacial score (nSPS) is 20.8. The van der Waals surface area contributed by atoms with Gasteiger partial charge >= 0.3 is 0 Å². The van der Waals surface area contributed by atoms with Gasteiger partial charge in [0.1, 0.15) is 0 Å². The number of hydrogen-bond donors (Lipinski definition) is 1. The average Bonchev–Trinajstić information content (AvgIpc) is 2.12. The van der Waals surface area contributed by atoms with Crippen LogP contribution in [-0.4, -0.2) is 24.6 Å². The molecule has 2 heterocycles. The molecule has 2 rings (SSSR count). The first-order valence-electron chi connectivity index (χ1n) is 4.30. The molecule has 13 heavy (non-hydrogen) atoms. The highest BCUT2D eigenvalue weighted by molar-refractivity contribution is 9.10. The second-order valence-corrected chi connectivity index (χ2v) is 4.28. The molecule has 0 saturated carbocycles. The Hall–Kier alpha value is -0.770. The van der Waals surface area contributed by atoms with Crippen molar-refractivity contribution in [1.29, 1.82) is 0 Å². The van der Waals surface area contributed by atoms with Crippen molar-refractivity contribution < 1.29 is 0 Å². The summed E-state index contributed by atoms with van der Waals surface area (Å²) in [5.74, 6) is 1.03.